The molecule has 1 aromatic heterocycles. The average molecular weight is 147 g/mol. The summed E-state index contributed by atoms with van der Waals surface area (Å²) in [6, 6.07) is 1.76. The Kier molecular flexibility index (Phi) is 2.52. The van der Waals surface area contributed by atoms with Gasteiger partial charge in [0.05, 0.1) is 12.3 Å². The average Bonchev–Trinajstić information content (AvgIpc) is 1.85. The van der Waals surface area contributed by atoms with Crippen molar-refractivity contribution in [3.8, 4) is 5.75 Å². The van der Waals surface area contributed by atoms with Crippen LogP contribution in [0.4, 0.5) is 0 Å². The van der Waals surface area contributed by atoms with Crippen molar-refractivity contribution in [1.82, 2.24) is 4.98 Å². The molecule has 0 saturated carbocycles. The molecule has 56 valence electrons. The Morgan fingerprint density at radius 2 is 2.18 bits per heavy atom. The Morgan fingerprint density at radius 3 is 2.73 bits per heavy atom. The third-order valence-corrected chi connectivity index (χ3v) is 1.11. The van der Waals surface area contributed by atoms with Gasteiger partial charge in [-0.15, -0.1) is 0 Å². The normalized spacial score (nSPS) is 10.1. The van der Waals surface area contributed by atoms with E-state index in [4.69, 9.17) is 12.6 Å². The number of hydrogen-bond acceptors (Lipinski definition) is 2. The first-order valence-electron chi connectivity index (χ1n) is 3.55. The highest BCUT2D eigenvalue weighted by Gasteiger charge is 1.96. The molecule has 0 aliphatic heterocycles. The molecule has 0 saturated heterocycles. The lowest BCUT2D eigenvalue weighted by Crippen LogP contribution is -2.09. The lowest BCUT2D eigenvalue weighted by molar-refractivity contribution is 0.241. The molecule has 0 atom stereocenters. The van der Waals surface area contributed by atoms with E-state index in [9.17, 15) is 0 Å². The van der Waals surface area contributed by atoms with Gasteiger partial charge in [0.1, 0.15) is 13.6 Å². The fraction of sp³-hybridized carbons (Fsp3) is 0.375. The number of nitrogens with zero attached hydrogens (tertiary/aromatic N) is 1. The SMILES string of the molecule is [B]c1cncc(OC(C)C)c1. The zero-order valence-corrected chi connectivity index (χ0v) is 6.74. The van der Waals surface area contributed by atoms with E-state index in [0.29, 0.717) is 5.46 Å². The summed E-state index contributed by atoms with van der Waals surface area (Å²) in [6.45, 7) is 3.92. The highest BCUT2D eigenvalue weighted by molar-refractivity contribution is 6.32. The summed E-state index contributed by atoms with van der Waals surface area (Å²) in [5, 5.41) is 0. The molecule has 0 fully saturated rings. The number of rotatable bonds is 2. The van der Waals surface area contributed by atoms with E-state index in [1.807, 2.05) is 13.8 Å². The molecule has 11 heavy (non-hydrogen) atoms. The topological polar surface area (TPSA) is 22.1 Å². The molecule has 0 aromatic carbocycles. The second kappa shape index (κ2) is 3.42. The highest BCUT2D eigenvalue weighted by atomic mass is 16.5. The van der Waals surface area contributed by atoms with Crippen molar-refractivity contribution in [3.05, 3.63) is 18.5 Å². The van der Waals surface area contributed by atoms with Gasteiger partial charge in [0.15, 0.2) is 0 Å². The van der Waals surface area contributed by atoms with Crippen LogP contribution >= 0.6 is 0 Å². The van der Waals surface area contributed by atoms with E-state index in [-0.39, 0.29) is 6.10 Å². The maximum atomic E-state index is 5.49. The Labute approximate surface area is 68.0 Å². The lowest BCUT2D eigenvalue weighted by atomic mass is 9.99. The second-order valence-corrected chi connectivity index (χ2v) is 2.62. The zero-order valence-electron chi connectivity index (χ0n) is 6.74. The van der Waals surface area contributed by atoms with Gasteiger partial charge in [0.2, 0.25) is 0 Å². The molecular weight excluding hydrogens is 137 g/mol. The van der Waals surface area contributed by atoms with E-state index in [2.05, 4.69) is 4.98 Å². The fourth-order valence-corrected chi connectivity index (χ4v) is 0.772. The van der Waals surface area contributed by atoms with Crippen LogP contribution < -0.4 is 10.2 Å². The first-order chi connectivity index (χ1) is 5.18. The van der Waals surface area contributed by atoms with Gasteiger partial charge in [0.25, 0.3) is 0 Å². The van der Waals surface area contributed by atoms with Crippen molar-refractivity contribution >= 4 is 13.3 Å². The van der Waals surface area contributed by atoms with Crippen molar-refractivity contribution in [2.45, 2.75) is 20.0 Å². The van der Waals surface area contributed by atoms with Crippen molar-refractivity contribution in [1.29, 1.82) is 0 Å². The van der Waals surface area contributed by atoms with Gasteiger partial charge in [0, 0.05) is 6.20 Å². The standard InChI is InChI=1S/C8H10BNO/c1-6(2)11-8-3-7(9)4-10-5-8/h3-6H,1-2H3. The van der Waals surface area contributed by atoms with E-state index in [1.165, 1.54) is 0 Å². The van der Waals surface area contributed by atoms with Crippen molar-refractivity contribution in [2.24, 2.45) is 0 Å². The van der Waals surface area contributed by atoms with Crippen LogP contribution in [0.3, 0.4) is 0 Å². The van der Waals surface area contributed by atoms with Gasteiger partial charge >= 0.3 is 0 Å². The van der Waals surface area contributed by atoms with Gasteiger partial charge in [-0.1, -0.05) is 5.46 Å². The summed E-state index contributed by atoms with van der Waals surface area (Å²) in [7, 11) is 5.49. The second-order valence-electron chi connectivity index (χ2n) is 2.62. The summed E-state index contributed by atoms with van der Waals surface area (Å²) in [4.78, 5) is 3.89. The predicted molar refractivity (Wildman–Crippen MR) is 45.4 cm³/mol. The smallest absolute Gasteiger partial charge is 0.137 e. The number of hydrogen-bond donors (Lipinski definition) is 0. The minimum absolute atomic E-state index is 0.165. The van der Waals surface area contributed by atoms with Crippen molar-refractivity contribution in [2.75, 3.05) is 0 Å². The molecule has 1 heterocycles. The molecule has 0 spiro atoms. The van der Waals surface area contributed by atoms with Crippen LogP contribution in [0.25, 0.3) is 0 Å². The largest absolute Gasteiger partial charge is 0.489 e. The molecule has 0 N–H and O–H groups in total. The Bertz CT molecular complexity index is 237. The molecule has 1 rings (SSSR count). The van der Waals surface area contributed by atoms with Crippen molar-refractivity contribution in [3.63, 3.8) is 0 Å². The minimum Gasteiger partial charge on any atom is -0.489 e. The first kappa shape index (κ1) is 8.11. The third kappa shape index (κ3) is 2.62. The zero-order chi connectivity index (χ0) is 8.27. The van der Waals surface area contributed by atoms with E-state index in [1.54, 1.807) is 18.5 Å². The molecule has 2 nitrogen and oxygen atoms in total. The quantitative estimate of drug-likeness (QED) is 0.573. The fourth-order valence-electron chi connectivity index (χ4n) is 0.772. The molecule has 0 amide bonds. The lowest BCUT2D eigenvalue weighted by Gasteiger charge is -2.08. The van der Waals surface area contributed by atoms with Gasteiger partial charge in [-0.25, -0.2) is 0 Å². The highest BCUT2D eigenvalue weighted by Crippen LogP contribution is 2.06. The molecule has 1 aromatic rings. The molecule has 0 aliphatic rings. The monoisotopic (exact) mass is 147 g/mol. The van der Waals surface area contributed by atoms with Gasteiger partial charge in [-0.3, -0.25) is 4.98 Å². The van der Waals surface area contributed by atoms with Gasteiger partial charge in [-0.2, -0.15) is 0 Å². The Balaban J connectivity index is 2.71. The first-order valence-corrected chi connectivity index (χ1v) is 3.55. The summed E-state index contributed by atoms with van der Waals surface area (Å²) in [5.41, 5.74) is 0.628. The predicted octanol–water partition coefficient (Wildman–Crippen LogP) is 0.663. The van der Waals surface area contributed by atoms with Crippen LogP contribution in [0.1, 0.15) is 13.8 Å². The molecule has 0 aliphatic carbocycles. The molecule has 0 bridgehead atoms. The summed E-state index contributed by atoms with van der Waals surface area (Å²) in [5.74, 6) is 0.722. The Hall–Kier alpha value is -0.985. The van der Waals surface area contributed by atoms with Crippen LogP contribution in [0.2, 0.25) is 0 Å². The van der Waals surface area contributed by atoms with Gasteiger partial charge < -0.3 is 4.74 Å². The van der Waals surface area contributed by atoms with E-state index >= 15 is 0 Å². The summed E-state index contributed by atoms with van der Waals surface area (Å²) >= 11 is 0. The molecular formula is C8H10BNO. The van der Waals surface area contributed by atoms with Crippen LogP contribution in [0.5, 0.6) is 5.75 Å². The minimum atomic E-state index is 0.165. The third-order valence-electron chi connectivity index (χ3n) is 1.11. The van der Waals surface area contributed by atoms with Crippen LogP contribution in [-0.2, 0) is 0 Å². The van der Waals surface area contributed by atoms with Gasteiger partial charge in [-0.05, 0) is 19.9 Å². The summed E-state index contributed by atoms with van der Waals surface area (Å²) < 4.78 is 5.35. The molecule has 2 radical (unpaired) electrons. The van der Waals surface area contributed by atoms with Crippen molar-refractivity contribution < 1.29 is 4.74 Å². The van der Waals surface area contributed by atoms with Crippen LogP contribution in [-0.4, -0.2) is 18.9 Å². The molecule has 3 heteroatoms. The molecule has 0 unspecified atom stereocenters. The number of pyridine rings is 1. The maximum absolute atomic E-state index is 5.49. The van der Waals surface area contributed by atoms with Crippen LogP contribution in [0.15, 0.2) is 18.5 Å². The van der Waals surface area contributed by atoms with E-state index in [0.717, 1.165) is 5.75 Å². The van der Waals surface area contributed by atoms with Crippen LogP contribution in [0, 0.1) is 0 Å². The van der Waals surface area contributed by atoms with E-state index < -0.39 is 0 Å². The summed E-state index contributed by atoms with van der Waals surface area (Å²) in [6.07, 6.45) is 3.40. The number of ether oxygens (including phenoxy) is 1. The maximum Gasteiger partial charge on any atom is 0.137 e. The number of aromatic nitrogens is 1. The Morgan fingerprint density at radius 1 is 1.45 bits per heavy atom.